The first-order valence-corrected chi connectivity index (χ1v) is 4.64. The van der Waals surface area contributed by atoms with Gasteiger partial charge in [0.15, 0.2) is 0 Å². The van der Waals surface area contributed by atoms with Gasteiger partial charge in [0.1, 0.15) is 0 Å². The second kappa shape index (κ2) is 4.97. The molecule has 0 heterocycles. The van der Waals surface area contributed by atoms with Crippen molar-refractivity contribution >= 4 is 0 Å². The lowest BCUT2D eigenvalue weighted by Gasteiger charge is -2.03. The lowest BCUT2D eigenvalue weighted by molar-refractivity contribution is 0.556. The van der Waals surface area contributed by atoms with E-state index in [-0.39, 0.29) is 6.40 Å². The Labute approximate surface area is 77.0 Å². The van der Waals surface area contributed by atoms with Gasteiger partial charge in [0.05, 0.1) is 0 Å². The van der Waals surface area contributed by atoms with Crippen molar-refractivity contribution in [2.45, 2.75) is 33.1 Å². The van der Waals surface area contributed by atoms with Gasteiger partial charge in [-0.2, -0.15) is 0 Å². The van der Waals surface area contributed by atoms with E-state index in [0.29, 0.717) is 5.92 Å². The van der Waals surface area contributed by atoms with Crippen molar-refractivity contribution in [3.8, 4) is 0 Å². The minimum absolute atomic E-state index is 0.0578. The number of aryl methyl sites for hydroxylation is 1. The molecule has 0 saturated carbocycles. The van der Waals surface area contributed by atoms with E-state index in [1.54, 1.807) is 0 Å². The van der Waals surface area contributed by atoms with E-state index in [0.717, 1.165) is 12.8 Å². The highest BCUT2D eigenvalue weighted by Gasteiger charge is 1.94. The van der Waals surface area contributed by atoms with E-state index < -0.39 is 0 Å². The minimum Gasteiger partial charge on any atom is -0.0628 e. The summed E-state index contributed by atoms with van der Waals surface area (Å²) in [5, 5.41) is 0. The lowest BCUT2D eigenvalue weighted by atomic mass is 10.0. The van der Waals surface area contributed by atoms with Gasteiger partial charge in [-0.15, -0.1) is 0 Å². The zero-order valence-corrected chi connectivity index (χ0v) is 7.96. The second-order valence-electron chi connectivity index (χ2n) is 3.61. The first-order chi connectivity index (χ1) is 6.18. The molecule has 1 aromatic carbocycles. The highest BCUT2D eigenvalue weighted by molar-refractivity contribution is 5.14. The van der Waals surface area contributed by atoms with Crippen LogP contribution in [0.25, 0.3) is 0 Å². The average molecular weight is 163 g/mol. The normalized spacial score (nSPS) is 14.4. The summed E-state index contributed by atoms with van der Waals surface area (Å²) in [6, 6.07) is 10.3. The van der Waals surface area contributed by atoms with Gasteiger partial charge in [-0.25, -0.2) is 0 Å². The SMILES string of the molecule is [2H]C(Cc1ccccc1)CC(C)C. The van der Waals surface area contributed by atoms with Crippen molar-refractivity contribution in [3.05, 3.63) is 35.9 Å². The van der Waals surface area contributed by atoms with Crippen LogP contribution in [0.5, 0.6) is 0 Å². The lowest BCUT2D eigenvalue weighted by Crippen LogP contribution is -1.90. The Kier molecular flexibility index (Phi) is 3.25. The van der Waals surface area contributed by atoms with E-state index in [4.69, 9.17) is 1.37 Å². The smallest absolute Gasteiger partial charge is 0.0270 e. The van der Waals surface area contributed by atoms with Crippen molar-refractivity contribution in [3.63, 3.8) is 0 Å². The molecule has 1 atom stereocenters. The predicted octanol–water partition coefficient (Wildman–Crippen LogP) is 3.67. The molecule has 0 saturated heterocycles. The summed E-state index contributed by atoms with van der Waals surface area (Å²) in [6.45, 7) is 4.35. The molecule has 0 radical (unpaired) electrons. The minimum atomic E-state index is 0.0578. The highest BCUT2D eigenvalue weighted by Crippen LogP contribution is 2.09. The van der Waals surface area contributed by atoms with Crippen LogP contribution in [0.4, 0.5) is 0 Å². The Morgan fingerprint density at radius 3 is 2.50 bits per heavy atom. The van der Waals surface area contributed by atoms with Gasteiger partial charge < -0.3 is 0 Å². The summed E-state index contributed by atoms with van der Waals surface area (Å²) in [4.78, 5) is 0. The molecule has 0 fully saturated rings. The Balaban J connectivity index is 2.41. The largest absolute Gasteiger partial charge is 0.0628 e. The molecule has 0 N–H and O–H groups in total. The summed E-state index contributed by atoms with van der Waals surface area (Å²) in [5.41, 5.74) is 1.28. The van der Waals surface area contributed by atoms with Gasteiger partial charge in [-0.05, 0) is 24.3 Å². The molecule has 66 valence electrons. The highest BCUT2D eigenvalue weighted by atomic mass is 14.0. The van der Waals surface area contributed by atoms with Crippen molar-refractivity contribution in [1.82, 2.24) is 0 Å². The Morgan fingerprint density at radius 2 is 1.92 bits per heavy atom. The van der Waals surface area contributed by atoms with Crippen LogP contribution in [-0.4, -0.2) is 0 Å². The predicted molar refractivity (Wildman–Crippen MR) is 54.2 cm³/mol. The summed E-state index contributed by atoms with van der Waals surface area (Å²) in [7, 11) is 0. The quantitative estimate of drug-likeness (QED) is 0.635. The summed E-state index contributed by atoms with van der Waals surface area (Å²) >= 11 is 0. The molecule has 0 nitrogen and oxygen atoms in total. The first-order valence-electron chi connectivity index (χ1n) is 5.22. The van der Waals surface area contributed by atoms with Crippen molar-refractivity contribution in [2.24, 2.45) is 5.92 Å². The maximum absolute atomic E-state index is 7.84. The molecular weight excluding hydrogens is 144 g/mol. The molecule has 0 aliphatic heterocycles. The maximum Gasteiger partial charge on any atom is 0.0270 e. The first kappa shape index (κ1) is 7.85. The third-order valence-corrected chi connectivity index (χ3v) is 1.86. The fraction of sp³-hybridized carbons (Fsp3) is 0.500. The van der Waals surface area contributed by atoms with Gasteiger partial charge >= 0.3 is 0 Å². The van der Waals surface area contributed by atoms with Crippen molar-refractivity contribution in [1.29, 1.82) is 0 Å². The van der Waals surface area contributed by atoms with Crippen LogP contribution in [0, 0.1) is 5.92 Å². The Morgan fingerprint density at radius 1 is 1.25 bits per heavy atom. The zero-order valence-electron chi connectivity index (χ0n) is 8.96. The Bertz CT molecular complexity index is 228. The molecule has 1 rings (SSSR count). The standard InChI is InChI=1S/C12H18/c1-11(2)7-6-10-12-8-4-3-5-9-12/h3-5,8-9,11H,6-7,10H2,1-2H3/i6D. The van der Waals surface area contributed by atoms with Gasteiger partial charge in [0, 0.05) is 1.37 Å². The fourth-order valence-corrected chi connectivity index (χ4v) is 1.20. The number of benzene rings is 1. The van der Waals surface area contributed by atoms with Crippen LogP contribution in [0.2, 0.25) is 0 Å². The fourth-order valence-electron chi connectivity index (χ4n) is 1.20. The Hall–Kier alpha value is -0.780. The second-order valence-corrected chi connectivity index (χ2v) is 3.61. The van der Waals surface area contributed by atoms with Gasteiger partial charge in [-0.3, -0.25) is 0 Å². The van der Waals surface area contributed by atoms with Gasteiger partial charge in [0.25, 0.3) is 0 Å². The van der Waals surface area contributed by atoms with Crippen molar-refractivity contribution < 1.29 is 1.37 Å². The maximum atomic E-state index is 7.84. The molecule has 0 aliphatic rings. The van der Waals surface area contributed by atoms with Gasteiger partial charge in [0.2, 0.25) is 0 Å². The number of hydrogen-bond acceptors (Lipinski definition) is 0. The summed E-state index contributed by atoms with van der Waals surface area (Å²) in [6.07, 6.45) is 1.94. The monoisotopic (exact) mass is 163 g/mol. The molecule has 12 heavy (non-hydrogen) atoms. The molecule has 1 unspecified atom stereocenters. The van der Waals surface area contributed by atoms with Gasteiger partial charge in [-0.1, -0.05) is 50.6 Å². The van der Waals surface area contributed by atoms with E-state index in [1.807, 2.05) is 18.2 Å². The molecule has 0 heteroatoms. The molecule has 1 aromatic rings. The summed E-state index contributed by atoms with van der Waals surface area (Å²) in [5.74, 6) is 0.631. The number of hydrogen-bond donors (Lipinski definition) is 0. The van der Waals surface area contributed by atoms with E-state index >= 15 is 0 Å². The summed E-state index contributed by atoms with van der Waals surface area (Å²) < 4.78 is 7.84. The molecule has 0 aliphatic carbocycles. The third kappa shape index (κ3) is 3.56. The molecule has 0 aromatic heterocycles. The van der Waals surface area contributed by atoms with E-state index in [1.165, 1.54) is 5.56 Å². The van der Waals surface area contributed by atoms with Crippen LogP contribution in [0.15, 0.2) is 30.3 Å². The third-order valence-electron chi connectivity index (χ3n) is 1.86. The zero-order chi connectivity index (χ0) is 9.68. The molecule has 0 bridgehead atoms. The van der Waals surface area contributed by atoms with Crippen LogP contribution >= 0.6 is 0 Å². The average Bonchev–Trinajstić information content (AvgIpc) is 2.04. The topological polar surface area (TPSA) is 0 Å². The van der Waals surface area contributed by atoms with Crippen LogP contribution in [0.1, 0.15) is 33.6 Å². The van der Waals surface area contributed by atoms with Crippen molar-refractivity contribution in [2.75, 3.05) is 0 Å². The van der Waals surface area contributed by atoms with E-state index in [9.17, 15) is 0 Å². The number of rotatable bonds is 4. The van der Waals surface area contributed by atoms with E-state index in [2.05, 4.69) is 26.0 Å². The molecule has 0 amide bonds. The van der Waals surface area contributed by atoms with Crippen LogP contribution in [-0.2, 0) is 6.42 Å². The molecule has 0 spiro atoms. The van der Waals surface area contributed by atoms with Crippen LogP contribution < -0.4 is 0 Å². The molecular formula is C12H18. The van der Waals surface area contributed by atoms with Crippen LogP contribution in [0.3, 0.4) is 0 Å².